The highest BCUT2D eigenvalue weighted by Gasteiger charge is 2.10. The number of ether oxygens (including phenoxy) is 1. The Bertz CT molecular complexity index is 819. The molecular weight excluding hydrogens is 334 g/mol. The van der Waals surface area contributed by atoms with Crippen molar-refractivity contribution in [3.8, 4) is 16.3 Å². The second-order valence-electron chi connectivity index (χ2n) is 5.47. The number of carbonyl (C=O) groups is 1. The van der Waals surface area contributed by atoms with Gasteiger partial charge in [0.2, 0.25) is 0 Å². The zero-order valence-electron chi connectivity index (χ0n) is 13.9. The number of aryl methyl sites for hydroxylation is 1. The summed E-state index contributed by atoms with van der Waals surface area (Å²) < 4.78 is 5.43. The number of carbonyl (C=O) groups excluding carboxylic acids is 1. The van der Waals surface area contributed by atoms with Crippen LogP contribution in [-0.4, -0.2) is 29.0 Å². The summed E-state index contributed by atoms with van der Waals surface area (Å²) in [4.78, 5) is 21.8. The van der Waals surface area contributed by atoms with E-state index in [-0.39, 0.29) is 12.5 Å². The van der Waals surface area contributed by atoms with E-state index in [1.165, 1.54) is 4.88 Å². The average molecular weight is 353 g/mol. The topological polar surface area (TPSA) is 64.1 Å². The lowest BCUT2D eigenvalue weighted by atomic mass is 10.3. The molecule has 3 aromatic rings. The number of nitrogens with one attached hydrogen (secondary N) is 1. The predicted octanol–water partition coefficient (Wildman–Crippen LogP) is 3.25. The lowest BCUT2D eigenvalue weighted by molar-refractivity contribution is -0.123. The van der Waals surface area contributed by atoms with Gasteiger partial charge in [-0.15, -0.1) is 11.3 Å². The Labute approximate surface area is 150 Å². The van der Waals surface area contributed by atoms with Crippen LogP contribution in [0.3, 0.4) is 0 Å². The van der Waals surface area contributed by atoms with Gasteiger partial charge in [0.05, 0.1) is 5.69 Å². The van der Waals surface area contributed by atoms with Gasteiger partial charge in [0, 0.05) is 35.8 Å². The molecule has 0 saturated carbocycles. The highest BCUT2D eigenvalue weighted by molar-refractivity contribution is 7.15. The van der Waals surface area contributed by atoms with Gasteiger partial charge in [-0.2, -0.15) is 0 Å². The molecule has 0 aliphatic rings. The van der Waals surface area contributed by atoms with Crippen LogP contribution in [0.1, 0.15) is 10.6 Å². The molecule has 0 saturated heterocycles. The van der Waals surface area contributed by atoms with Gasteiger partial charge in [-0.1, -0.05) is 18.2 Å². The van der Waals surface area contributed by atoms with E-state index in [0.717, 1.165) is 22.7 Å². The van der Waals surface area contributed by atoms with Crippen molar-refractivity contribution in [2.45, 2.75) is 13.3 Å². The highest BCUT2D eigenvalue weighted by Crippen LogP contribution is 2.27. The van der Waals surface area contributed by atoms with Gasteiger partial charge in [0.15, 0.2) is 6.61 Å². The first-order chi connectivity index (χ1) is 12.2. The maximum Gasteiger partial charge on any atom is 0.257 e. The van der Waals surface area contributed by atoms with E-state index in [9.17, 15) is 4.79 Å². The fourth-order valence-corrected chi connectivity index (χ4v) is 3.36. The summed E-state index contributed by atoms with van der Waals surface area (Å²) in [5.41, 5.74) is 2.01. The molecule has 0 radical (unpaired) electrons. The van der Waals surface area contributed by atoms with Crippen molar-refractivity contribution in [1.82, 2.24) is 15.3 Å². The molecule has 0 atom stereocenters. The summed E-state index contributed by atoms with van der Waals surface area (Å²) in [6.45, 7) is 2.57. The minimum absolute atomic E-state index is 0.0205. The SMILES string of the molecule is Cc1nc(-c2cccnc2)sc1CCNC(=O)COc1ccccc1. The zero-order chi connectivity index (χ0) is 17.5. The molecular formula is C19H19N3O2S. The monoisotopic (exact) mass is 353 g/mol. The molecule has 128 valence electrons. The van der Waals surface area contributed by atoms with E-state index < -0.39 is 0 Å². The third kappa shape index (κ3) is 4.87. The smallest absolute Gasteiger partial charge is 0.257 e. The minimum Gasteiger partial charge on any atom is -0.484 e. The molecule has 2 heterocycles. The normalized spacial score (nSPS) is 10.4. The number of hydrogen-bond donors (Lipinski definition) is 1. The molecule has 1 amide bonds. The number of rotatable bonds is 7. The quantitative estimate of drug-likeness (QED) is 0.708. The van der Waals surface area contributed by atoms with E-state index in [0.29, 0.717) is 12.3 Å². The van der Waals surface area contributed by atoms with Gasteiger partial charge in [0.25, 0.3) is 5.91 Å². The molecule has 0 aliphatic carbocycles. The number of para-hydroxylation sites is 1. The lowest BCUT2D eigenvalue weighted by Crippen LogP contribution is -2.30. The maximum absolute atomic E-state index is 11.9. The van der Waals surface area contributed by atoms with Crippen molar-refractivity contribution < 1.29 is 9.53 Å². The largest absolute Gasteiger partial charge is 0.484 e. The number of benzene rings is 1. The van der Waals surface area contributed by atoms with Crippen LogP contribution < -0.4 is 10.1 Å². The highest BCUT2D eigenvalue weighted by atomic mass is 32.1. The second kappa shape index (κ2) is 8.39. The number of amides is 1. The summed E-state index contributed by atoms with van der Waals surface area (Å²) in [6.07, 6.45) is 4.31. The molecule has 0 bridgehead atoms. The second-order valence-corrected chi connectivity index (χ2v) is 6.55. The molecule has 6 heteroatoms. The van der Waals surface area contributed by atoms with Gasteiger partial charge < -0.3 is 10.1 Å². The summed E-state index contributed by atoms with van der Waals surface area (Å²) in [5, 5.41) is 3.84. The number of thiazole rings is 1. The third-order valence-corrected chi connectivity index (χ3v) is 4.85. The van der Waals surface area contributed by atoms with Gasteiger partial charge in [-0.25, -0.2) is 4.98 Å². The van der Waals surface area contributed by atoms with Crippen molar-refractivity contribution in [3.05, 3.63) is 65.4 Å². The molecule has 0 fully saturated rings. The number of pyridine rings is 1. The van der Waals surface area contributed by atoms with Crippen molar-refractivity contribution >= 4 is 17.2 Å². The van der Waals surface area contributed by atoms with E-state index >= 15 is 0 Å². The van der Waals surface area contributed by atoms with Crippen molar-refractivity contribution in [3.63, 3.8) is 0 Å². The van der Waals surface area contributed by atoms with Crippen molar-refractivity contribution in [1.29, 1.82) is 0 Å². The van der Waals surface area contributed by atoms with Crippen LogP contribution in [0.15, 0.2) is 54.9 Å². The van der Waals surface area contributed by atoms with Crippen LogP contribution in [0.25, 0.3) is 10.6 Å². The zero-order valence-corrected chi connectivity index (χ0v) is 14.8. The minimum atomic E-state index is -0.126. The molecule has 1 N–H and O–H groups in total. The van der Waals surface area contributed by atoms with E-state index in [2.05, 4.69) is 15.3 Å². The lowest BCUT2D eigenvalue weighted by Gasteiger charge is -2.07. The predicted molar refractivity (Wildman–Crippen MR) is 98.7 cm³/mol. The first-order valence-corrected chi connectivity index (χ1v) is 8.85. The first kappa shape index (κ1) is 17.1. The molecule has 2 aromatic heterocycles. The van der Waals surface area contributed by atoms with E-state index in [1.807, 2.05) is 55.6 Å². The summed E-state index contributed by atoms with van der Waals surface area (Å²) in [7, 11) is 0. The Morgan fingerprint density at radius 3 is 2.80 bits per heavy atom. The van der Waals surface area contributed by atoms with Crippen molar-refractivity contribution in [2.24, 2.45) is 0 Å². The molecule has 3 rings (SSSR count). The number of aromatic nitrogens is 2. The molecule has 0 spiro atoms. The van der Waals surface area contributed by atoms with E-state index in [1.54, 1.807) is 17.5 Å². The fourth-order valence-electron chi connectivity index (χ4n) is 2.30. The van der Waals surface area contributed by atoms with Crippen molar-refractivity contribution in [2.75, 3.05) is 13.2 Å². The molecule has 25 heavy (non-hydrogen) atoms. The Hall–Kier alpha value is -2.73. The number of nitrogens with zero attached hydrogens (tertiary/aromatic N) is 2. The van der Waals surface area contributed by atoms with Crippen LogP contribution >= 0.6 is 11.3 Å². The van der Waals surface area contributed by atoms with Crippen LogP contribution in [0.2, 0.25) is 0 Å². The Morgan fingerprint density at radius 1 is 1.20 bits per heavy atom. The van der Waals surface area contributed by atoms with Crippen LogP contribution in [-0.2, 0) is 11.2 Å². The van der Waals surface area contributed by atoms with Crippen LogP contribution in [0.5, 0.6) is 5.75 Å². The average Bonchev–Trinajstić information content (AvgIpc) is 3.02. The van der Waals surface area contributed by atoms with Gasteiger partial charge in [-0.3, -0.25) is 9.78 Å². The molecule has 1 aromatic carbocycles. The summed E-state index contributed by atoms with van der Waals surface area (Å²) in [5.74, 6) is 0.565. The first-order valence-electron chi connectivity index (χ1n) is 8.03. The van der Waals surface area contributed by atoms with Gasteiger partial charge in [0.1, 0.15) is 10.8 Å². The molecule has 0 unspecified atom stereocenters. The maximum atomic E-state index is 11.9. The fraction of sp³-hybridized carbons (Fsp3) is 0.211. The van der Waals surface area contributed by atoms with E-state index in [4.69, 9.17) is 4.74 Å². The van der Waals surface area contributed by atoms with Crippen LogP contribution in [0.4, 0.5) is 0 Å². The molecule has 0 aliphatic heterocycles. The standard InChI is InChI=1S/C19H19N3O2S/c1-14-17(25-19(22-14)15-6-5-10-20-12-15)9-11-21-18(23)13-24-16-7-3-2-4-8-16/h2-8,10,12H,9,11,13H2,1H3,(H,21,23). The van der Waals surface area contributed by atoms with Gasteiger partial charge >= 0.3 is 0 Å². The number of hydrogen-bond acceptors (Lipinski definition) is 5. The Morgan fingerprint density at radius 2 is 2.04 bits per heavy atom. The van der Waals surface area contributed by atoms with Gasteiger partial charge in [-0.05, 0) is 31.2 Å². The molecule has 5 nitrogen and oxygen atoms in total. The Kier molecular flexibility index (Phi) is 5.74. The third-order valence-electron chi connectivity index (χ3n) is 3.59. The Balaban J connectivity index is 1.47. The van der Waals surface area contributed by atoms with Crippen LogP contribution in [0, 0.1) is 6.92 Å². The summed E-state index contributed by atoms with van der Waals surface area (Å²) >= 11 is 1.64. The summed E-state index contributed by atoms with van der Waals surface area (Å²) in [6, 6.07) is 13.2.